The van der Waals surface area contributed by atoms with Crippen molar-refractivity contribution in [1.82, 2.24) is 10.6 Å². The normalized spacial score (nSPS) is 27.5. The van der Waals surface area contributed by atoms with Crippen molar-refractivity contribution in [3.63, 3.8) is 0 Å². The Kier molecular flexibility index (Phi) is 4.11. The van der Waals surface area contributed by atoms with Gasteiger partial charge in [-0.05, 0) is 39.2 Å². The summed E-state index contributed by atoms with van der Waals surface area (Å²) >= 11 is 0. The molecule has 1 rings (SSSR count). The van der Waals surface area contributed by atoms with Crippen LogP contribution in [0.2, 0.25) is 0 Å². The van der Waals surface area contributed by atoms with Crippen LogP contribution in [0.4, 0.5) is 0 Å². The van der Waals surface area contributed by atoms with Crippen molar-refractivity contribution < 1.29 is 9.90 Å². The molecule has 0 saturated carbocycles. The van der Waals surface area contributed by atoms with Gasteiger partial charge < -0.3 is 15.7 Å². The third-order valence-electron chi connectivity index (χ3n) is 2.68. The zero-order chi connectivity index (χ0) is 11.5. The van der Waals surface area contributed by atoms with E-state index in [9.17, 15) is 9.90 Å². The largest absolute Gasteiger partial charge is 0.389 e. The lowest BCUT2D eigenvalue weighted by atomic mass is 9.94. The van der Waals surface area contributed by atoms with Gasteiger partial charge in [-0.3, -0.25) is 4.79 Å². The maximum absolute atomic E-state index is 11.7. The number of nitrogens with one attached hydrogen (secondary N) is 2. The van der Waals surface area contributed by atoms with Crippen molar-refractivity contribution >= 4 is 5.91 Å². The van der Waals surface area contributed by atoms with E-state index in [0.29, 0.717) is 12.5 Å². The first-order chi connectivity index (χ1) is 6.88. The van der Waals surface area contributed by atoms with Gasteiger partial charge in [0.1, 0.15) is 0 Å². The minimum absolute atomic E-state index is 0.00340. The summed E-state index contributed by atoms with van der Waals surface area (Å²) in [6, 6.07) is -0.0869. The molecule has 1 aliphatic heterocycles. The van der Waals surface area contributed by atoms with Gasteiger partial charge in [-0.15, -0.1) is 0 Å². The SMILES string of the molecule is CC1CCNC(C(=O)NCC(C)(C)O)C1. The molecule has 1 fully saturated rings. The van der Waals surface area contributed by atoms with Crippen LogP contribution in [-0.2, 0) is 4.79 Å². The number of hydrogen-bond donors (Lipinski definition) is 3. The molecule has 3 N–H and O–H groups in total. The molecular weight excluding hydrogens is 192 g/mol. The molecule has 1 amide bonds. The number of hydrogen-bond acceptors (Lipinski definition) is 3. The Bertz CT molecular complexity index is 223. The maximum atomic E-state index is 11.7. The molecule has 0 aromatic carbocycles. The summed E-state index contributed by atoms with van der Waals surface area (Å²) < 4.78 is 0. The van der Waals surface area contributed by atoms with Crippen LogP contribution in [0.1, 0.15) is 33.6 Å². The van der Waals surface area contributed by atoms with Gasteiger partial charge in [0.05, 0.1) is 11.6 Å². The van der Waals surface area contributed by atoms with Crippen molar-refractivity contribution in [2.75, 3.05) is 13.1 Å². The van der Waals surface area contributed by atoms with Gasteiger partial charge in [-0.25, -0.2) is 0 Å². The Hall–Kier alpha value is -0.610. The molecule has 88 valence electrons. The van der Waals surface area contributed by atoms with E-state index in [1.54, 1.807) is 13.8 Å². The van der Waals surface area contributed by atoms with Crippen LogP contribution in [0.5, 0.6) is 0 Å². The molecule has 1 saturated heterocycles. The Balaban J connectivity index is 2.33. The zero-order valence-corrected chi connectivity index (χ0v) is 9.84. The molecule has 1 heterocycles. The highest BCUT2D eigenvalue weighted by Crippen LogP contribution is 2.15. The van der Waals surface area contributed by atoms with Gasteiger partial charge in [-0.2, -0.15) is 0 Å². The second-order valence-electron chi connectivity index (χ2n) is 5.17. The summed E-state index contributed by atoms with van der Waals surface area (Å²) in [7, 11) is 0. The Morgan fingerprint density at radius 1 is 1.60 bits per heavy atom. The number of aliphatic hydroxyl groups is 1. The van der Waals surface area contributed by atoms with Crippen molar-refractivity contribution in [3.8, 4) is 0 Å². The highest BCUT2D eigenvalue weighted by Gasteiger charge is 2.25. The fourth-order valence-corrected chi connectivity index (χ4v) is 1.73. The Morgan fingerprint density at radius 2 is 2.27 bits per heavy atom. The molecule has 4 heteroatoms. The van der Waals surface area contributed by atoms with Gasteiger partial charge in [0.15, 0.2) is 0 Å². The van der Waals surface area contributed by atoms with E-state index in [1.165, 1.54) is 0 Å². The molecule has 0 aliphatic carbocycles. The standard InChI is InChI=1S/C11H22N2O2/c1-8-4-5-12-9(6-8)10(14)13-7-11(2,3)15/h8-9,12,15H,4-7H2,1-3H3,(H,13,14). The first-order valence-electron chi connectivity index (χ1n) is 5.62. The van der Waals surface area contributed by atoms with Crippen molar-refractivity contribution in [1.29, 1.82) is 0 Å². The third kappa shape index (κ3) is 4.62. The van der Waals surface area contributed by atoms with Gasteiger partial charge in [0.25, 0.3) is 0 Å². The van der Waals surface area contributed by atoms with Gasteiger partial charge >= 0.3 is 0 Å². The van der Waals surface area contributed by atoms with Crippen molar-refractivity contribution in [2.45, 2.75) is 45.3 Å². The monoisotopic (exact) mass is 214 g/mol. The molecule has 0 aromatic rings. The summed E-state index contributed by atoms with van der Waals surface area (Å²) in [5, 5.41) is 15.4. The number of carbonyl (C=O) groups excluding carboxylic acids is 1. The Morgan fingerprint density at radius 3 is 2.80 bits per heavy atom. The highest BCUT2D eigenvalue weighted by atomic mass is 16.3. The lowest BCUT2D eigenvalue weighted by molar-refractivity contribution is -0.125. The van der Waals surface area contributed by atoms with E-state index >= 15 is 0 Å². The lowest BCUT2D eigenvalue weighted by Gasteiger charge is -2.28. The van der Waals surface area contributed by atoms with Crippen LogP contribution in [0.3, 0.4) is 0 Å². The minimum Gasteiger partial charge on any atom is -0.389 e. The molecule has 0 aromatic heterocycles. The van der Waals surface area contributed by atoms with Gasteiger partial charge in [0, 0.05) is 6.54 Å². The summed E-state index contributed by atoms with van der Waals surface area (Å²) in [4.78, 5) is 11.7. The molecule has 1 aliphatic rings. The van der Waals surface area contributed by atoms with E-state index < -0.39 is 5.60 Å². The summed E-state index contributed by atoms with van der Waals surface area (Å²) in [6.45, 7) is 6.74. The predicted molar refractivity (Wildman–Crippen MR) is 59.5 cm³/mol. The lowest BCUT2D eigenvalue weighted by Crippen LogP contribution is -2.51. The first kappa shape index (κ1) is 12.5. The first-order valence-corrected chi connectivity index (χ1v) is 5.62. The number of piperidine rings is 1. The van der Waals surface area contributed by atoms with Crippen LogP contribution < -0.4 is 10.6 Å². The second kappa shape index (κ2) is 4.94. The summed E-state index contributed by atoms with van der Waals surface area (Å²) in [5.74, 6) is 0.604. The van der Waals surface area contributed by atoms with E-state index in [0.717, 1.165) is 19.4 Å². The van der Waals surface area contributed by atoms with E-state index in [4.69, 9.17) is 0 Å². The van der Waals surface area contributed by atoms with Crippen molar-refractivity contribution in [3.05, 3.63) is 0 Å². The van der Waals surface area contributed by atoms with E-state index in [1.807, 2.05) is 0 Å². The smallest absolute Gasteiger partial charge is 0.237 e. The minimum atomic E-state index is -0.837. The van der Waals surface area contributed by atoms with Crippen LogP contribution in [0.15, 0.2) is 0 Å². The van der Waals surface area contributed by atoms with Gasteiger partial charge in [0.2, 0.25) is 5.91 Å². The van der Waals surface area contributed by atoms with Gasteiger partial charge in [-0.1, -0.05) is 6.92 Å². The predicted octanol–water partition coefficient (Wildman–Crippen LogP) is 0.262. The summed E-state index contributed by atoms with van der Waals surface area (Å²) in [5.41, 5.74) is -0.837. The summed E-state index contributed by atoms with van der Waals surface area (Å²) in [6.07, 6.45) is 2.02. The maximum Gasteiger partial charge on any atom is 0.237 e. The quantitative estimate of drug-likeness (QED) is 0.631. The number of rotatable bonds is 3. The molecule has 0 spiro atoms. The van der Waals surface area contributed by atoms with Crippen LogP contribution in [0, 0.1) is 5.92 Å². The van der Waals surface area contributed by atoms with Crippen LogP contribution >= 0.6 is 0 Å². The van der Waals surface area contributed by atoms with E-state index in [2.05, 4.69) is 17.6 Å². The topological polar surface area (TPSA) is 61.4 Å². The molecular formula is C11H22N2O2. The highest BCUT2D eigenvalue weighted by molar-refractivity contribution is 5.81. The molecule has 0 radical (unpaired) electrons. The molecule has 2 unspecified atom stereocenters. The van der Waals surface area contributed by atoms with E-state index in [-0.39, 0.29) is 11.9 Å². The molecule has 0 bridgehead atoms. The average molecular weight is 214 g/mol. The van der Waals surface area contributed by atoms with Crippen molar-refractivity contribution in [2.24, 2.45) is 5.92 Å². The van der Waals surface area contributed by atoms with Crippen LogP contribution in [0.25, 0.3) is 0 Å². The molecule has 15 heavy (non-hydrogen) atoms. The fourth-order valence-electron chi connectivity index (χ4n) is 1.73. The average Bonchev–Trinajstić information content (AvgIpc) is 2.13. The molecule has 4 nitrogen and oxygen atoms in total. The second-order valence-corrected chi connectivity index (χ2v) is 5.17. The number of carbonyl (C=O) groups is 1. The fraction of sp³-hybridized carbons (Fsp3) is 0.909. The Labute approximate surface area is 91.4 Å². The number of amides is 1. The van der Waals surface area contributed by atoms with Crippen LogP contribution in [-0.4, -0.2) is 35.7 Å². The third-order valence-corrected chi connectivity index (χ3v) is 2.68. The molecule has 2 atom stereocenters. The zero-order valence-electron chi connectivity index (χ0n) is 9.84.